The van der Waals surface area contributed by atoms with Crippen molar-refractivity contribution in [2.45, 2.75) is 44.8 Å². The number of thiophene rings is 1. The lowest BCUT2D eigenvalue weighted by Crippen LogP contribution is -2.35. The monoisotopic (exact) mass is 416 g/mol. The average molecular weight is 417 g/mol. The number of carbonyl (C=O) groups excluding carboxylic acids is 1. The molecular formula is C22H25ClN2O2S. The number of rotatable bonds is 7. The Labute approximate surface area is 175 Å². The fraction of sp³-hybridized carbons (Fsp3) is 0.455. The van der Waals surface area contributed by atoms with Gasteiger partial charge in [-0.05, 0) is 50.0 Å². The summed E-state index contributed by atoms with van der Waals surface area (Å²) in [5.41, 5.74) is 2.57. The summed E-state index contributed by atoms with van der Waals surface area (Å²) >= 11 is 7.26. The summed E-state index contributed by atoms with van der Waals surface area (Å²) in [6.07, 6.45) is 4.37. The second-order valence-electron chi connectivity index (χ2n) is 7.62. The number of carbonyl (C=O) groups is 1. The molecule has 1 unspecified atom stereocenters. The lowest BCUT2D eigenvalue weighted by Gasteiger charge is -2.31. The molecule has 0 saturated carbocycles. The molecule has 0 radical (unpaired) electrons. The predicted molar refractivity (Wildman–Crippen MR) is 114 cm³/mol. The van der Waals surface area contributed by atoms with Gasteiger partial charge < -0.3 is 4.84 Å². The molecule has 2 aliphatic rings. The Morgan fingerprint density at radius 1 is 1.18 bits per heavy atom. The van der Waals surface area contributed by atoms with Gasteiger partial charge in [-0.2, -0.15) is 0 Å². The molecule has 3 heterocycles. The van der Waals surface area contributed by atoms with Crippen LogP contribution in [0.2, 0.25) is 4.34 Å². The Morgan fingerprint density at radius 3 is 2.68 bits per heavy atom. The van der Waals surface area contributed by atoms with Crippen molar-refractivity contribution < 1.29 is 9.63 Å². The number of piperidine rings is 1. The van der Waals surface area contributed by atoms with Crippen molar-refractivity contribution in [3.05, 3.63) is 57.2 Å². The maximum Gasteiger partial charge on any atom is 0.172 e. The van der Waals surface area contributed by atoms with Crippen LogP contribution in [-0.4, -0.2) is 35.6 Å². The van der Waals surface area contributed by atoms with Crippen LogP contribution in [0.5, 0.6) is 0 Å². The topological polar surface area (TPSA) is 41.9 Å². The highest BCUT2D eigenvalue weighted by molar-refractivity contribution is 7.18. The standard InChI is InChI=1S/C22H25ClN2O2S/c23-22-9-8-21(28-22)20(26)7-6-18-14-19(24-27-18)17-10-12-25(13-11-17)15-16-4-2-1-3-5-16/h1-5,8-9,17-18H,6-7,10-15H2. The van der Waals surface area contributed by atoms with Crippen molar-refractivity contribution in [3.8, 4) is 0 Å². The number of halogens is 1. The second-order valence-corrected chi connectivity index (χ2v) is 9.33. The average Bonchev–Trinajstić information content (AvgIpc) is 3.37. The first-order chi connectivity index (χ1) is 13.7. The van der Waals surface area contributed by atoms with Crippen LogP contribution >= 0.6 is 22.9 Å². The SMILES string of the molecule is O=C(CCC1CC(C2CCN(Cc3ccccc3)CC2)=NO1)c1ccc(Cl)s1. The quantitative estimate of drug-likeness (QED) is 0.566. The van der Waals surface area contributed by atoms with E-state index in [1.54, 1.807) is 12.1 Å². The molecule has 28 heavy (non-hydrogen) atoms. The predicted octanol–water partition coefficient (Wildman–Crippen LogP) is 5.42. The van der Waals surface area contributed by atoms with E-state index in [1.807, 2.05) is 0 Å². The van der Waals surface area contributed by atoms with Crippen molar-refractivity contribution in [2.75, 3.05) is 13.1 Å². The molecule has 0 spiro atoms. The van der Waals surface area contributed by atoms with Gasteiger partial charge in [-0.1, -0.05) is 47.1 Å². The van der Waals surface area contributed by atoms with Crippen LogP contribution in [0.4, 0.5) is 0 Å². The zero-order valence-electron chi connectivity index (χ0n) is 15.9. The molecule has 1 fully saturated rings. The Bertz CT molecular complexity index is 828. The number of hydrogen-bond donors (Lipinski definition) is 0. The van der Waals surface area contributed by atoms with Gasteiger partial charge in [0, 0.05) is 25.3 Å². The van der Waals surface area contributed by atoms with E-state index in [0.717, 1.165) is 43.8 Å². The third kappa shape index (κ3) is 5.02. The van der Waals surface area contributed by atoms with E-state index in [1.165, 1.54) is 22.6 Å². The number of Topliss-reactive ketones (excluding diaryl/α,β-unsaturated/α-hetero) is 1. The Balaban J connectivity index is 1.19. The van der Waals surface area contributed by atoms with Crippen LogP contribution in [0.3, 0.4) is 0 Å². The molecule has 1 atom stereocenters. The van der Waals surface area contributed by atoms with E-state index in [9.17, 15) is 4.79 Å². The molecule has 4 rings (SSSR count). The zero-order chi connectivity index (χ0) is 19.3. The Hall–Kier alpha value is -1.69. The molecule has 1 aromatic heterocycles. The molecule has 0 bridgehead atoms. The zero-order valence-corrected chi connectivity index (χ0v) is 17.4. The fourth-order valence-electron chi connectivity index (χ4n) is 3.99. The highest BCUT2D eigenvalue weighted by Gasteiger charge is 2.30. The van der Waals surface area contributed by atoms with E-state index in [4.69, 9.17) is 16.4 Å². The van der Waals surface area contributed by atoms with Gasteiger partial charge in [-0.15, -0.1) is 11.3 Å². The van der Waals surface area contributed by atoms with Crippen molar-refractivity contribution >= 4 is 34.4 Å². The van der Waals surface area contributed by atoms with Crippen LogP contribution < -0.4 is 0 Å². The lowest BCUT2D eigenvalue weighted by atomic mass is 9.88. The molecule has 2 aromatic rings. The fourth-order valence-corrected chi connectivity index (χ4v) is 5.00. The third-order valence-corrected chi connectivity index (χ3v) is 6.88. The van der Waals surface area contributed by atoms with Crippen LogP contribution in [0.25, 0.3) is 0 Å². The van der Waals surface area contributed by atoms with Crippen LogP contribution in [0.15, 0.2) is 47.6 Å². The van der Waals surface area contributed by atoms with Crippen LogP contribution in [0, 0.1) is 5.92 Å². The van der Waals surface area contributed by atoms with Gasteiger partial charge in [-0.25, -0.2) is 0 Å². The largest absolute Gasteiger partial charge is 0.392 e. The van der Waals surface area contributed by atoms with E-state index in [-0.39, 0.29) is 11.9 Å². The van der Waals surface area contributed by atoms with E-state index in [0.29, 0.717) is 23.1 Å². The van der Waals surface area contributed by atoms with Crippen molar-refractivity contribution in [1.29, 1.82) is 0 Å². The summed E-state index contributed by atoms with van der Waals surface area (Å²) in [6.45, 7) is 3.22. The van der Waals surface area contributed by atoms with Gasteiger partial charge in [-0.3, -0.25) is 9.69 Å². The molecule has 2 aliphatic heterocycles. The molecule has 0 N–H and O–H groups in total. The third-order valence-electron chi connectivity index (χ3n) is 5.61. The summed E-state index contributed by atoms with van der Waals surface area (Å²) in [4.78, 5) is 21.1. The summed E-state index contributed by atoms with van der Waals surface area (Å²) in [6, 6.07) is 14.2. The first kappa shape index (κ1) is 19.6. The second kappa shape index (κ2) is 9.21. The summed E-state index contributed by atoms with van der Waals surface area (Å²) in [5, 5.41) is 4.37. The molecule has 0 aliphatic carbocycles. The molecule has 6 heteroatoms. The van der Waals surface area contributed by atoms with Crippen molar-refractivity contribution in [3.63, 3.8) is 0 Å². The highest BCUT2D eigenvalue weighted by Crippen LogP contribution is 2.28. The van der Waals surface area contributed by atoms with Crippen LogP contribution in [0.1, 0.15) is 47.3 Å². The maximum absolute atomic E-state index is 12.2. The molecule has 4 nitrogen and oxygen atoms in total. The van der Waals surface area contributed by atoms with Gasteiger partial charge in [0.25, 0.3) is 0 Å². The number of benzene rings is 1. The number of ketones is 1. The van der Waals surface area contributed by atoms with Gasteiger partial charge in [0.15, 0.2) is 5.78 Å². The Kier molecular flexibility index (Phi) is 6.45. The van der Waals surface area contributed by atoms with E-state index in [2.05, 4.69) is 40.4 Å². The number of oxime groups is 1. The van der Waals surface area contributed by atoms with Crippen molar-refractivity contribution in [1.82, 2.24) is 4.90 Å². The minimum absolute atomic E-state index is 0.0386. The van der Waals surface area contributed by atoms with Gasteiger partial charge >= 0.3 is 0 Å². The van der Waals surface area contributed by atoms with Gasteiger partial charge in [0.05, 0.1) is 14.9 Å². The molecule has 1 aromatic carbocycles. The van der Waals surface area contributed by atoms with E-state index >= 15 is 0 Å². The maximum atomic E-state index is 12.2. The Morgan fingerprint density at radius 2 is 1.96 bits per heavy atom. The number of hydrogen-bond acceptors (Lipinski definition) is 5. The minimum atomic E-state index is 0.0386. The van der Waals surface area contributed by atoms with Gasteiger partial charge in [0.2, 0.25) is 0 Å². The van der Waals surface area contributed by atoms with Crippen LogP contribution in [-0.2, 0) is 11.4 Å². The summed E-state index contributed by atoms with van der Waals surface area (Å²) < 4.78 is 0.657. The number of nitrogens with zero attached hydrogens (tertiary/aromatic N) is 2. The molecular weight excluding hydrogens is 392 g/mol. The summed E-state index contributed by atoms with van der Waals surface area (Å²) in [5.74, 6) is 0.659. The molecule has 1 saturated heterocycles. The normalized spacial score (nSPS) is 20.8. The number of likely N-dealkylation sites (tertiary alicyclic amines) is 1. The lowest BCUT2D eigenvalue weighted by molar-refractivity contribution is 0.0719. The molecule has 148 valence electrons. The van der Waals surface area contributed by atoms with E-state index < -0.39 is 0 Å². The minimum Gasteiger partial charge on any atom is -0.392 e. The first-order valence-electron chi connectivity index (χ1n) is 9.95. The van der Waals surface area contributed by atoms with Crippen molar-refractivity contribution in [2.24, 2.45) is 11.1 Å². The smallest absolute Gasteiger partial charge is 0.172 e. The summed E-state index contributed by atoms with van der Waals surface area (Å²) in [7, 11) is 0. The highest BCUT2D eigenvalue weighted by atomic mass is 35.5. The van der Waals surface area contributed by atoms with Gasteiger partial charge in [0.1, 0.15) is 6.10 Å². The first-order valence-corrected chi connectivity index (χ1v) is 11.1. The molecule has 0 amide bonds.